The van der Waals surface area contributed by atoms with Gasteiger partial charge >= 0.3 is 11.9 Å². The minimum absolute atomic E-state index is 0.0625. The lowest BCUT2D eigenvalue weighted by molar-refractivity contribution is -0.357. The van der Waals surface area contributed by atoms with Gasteiger partial charge in [0.1, 0.15) is 0 Å². The van der Waals surface area contributed by atoms with E-state index in [-0.39, 0.29) is 17.9 Å². The first-order valence-corrected chi connectivity index (χ1v) is 7.25. The molecule has 116 valence electrons. The maximum atomic E-state index is 12.4. The van der Waals surface area contributed by atoms with Crippen LogP contribution in [-0.2, 0) is 25.0 Å². The van der Waals surface area contributed by atoms with Crippen molar-refractivity contribution in [2.75, 3.05) is 14.2 Å². The molecule has 1 fully saturated rings. The second-order valence-electron chi connectivity index (χ2n) is 5.38. The van der Waals surface area contributed by atoms with Crippen molar-refractivity contribution in [3.05, 3.63) is 35.9 Å². The zero-order valence-electron chi connectivity index (χ0n) is 12.6. The van der Waals surface area contributed by atoms with Crippen LogP contribution >= 0.6 is 0 Å². The monoisotopic (exact) mass is 293 g/mol. The maximum absolute atomic E-state index is 12.4. The average molecular weight is 293 g/mol. The van der Waals surface area contributed by atoms with Crippen LogP contribution in [0.5, 0.6) is 0 Å². The van der Waals surface area contributed by atoms with Crippen LogP contribution in [-0.4, -0.2) is 26.2 Å². The summed E-state index contributed by atoms with van der Waals surface area (Å²) in [5.74, 6) is -2.01. The van der Waals surface area contributed by atoms with E-state index in [0.29, 0.717) is 12.0 Å². The van der Waals surface area contributed by atoms with Crippen molar-refractivity contribution in [3.8, 4) is 0 Å². The highest BCUT2D eigenvalue weighted by atomic mass is 16.9. The number of rotatable bonds is 5. The van der Waals surface area contributed by atoms with Crippen molar-refractivity contribution in [2.24, 2.45) is 11.7 Å². The summed E-state index contributed by atoms with van der Waals surface area (Å²) in [6.45, 7) is 0. The van der Waals surface area contributed by atoms with E-state index in [1.54, 1.807) is 12.1 Å². The van der Waals surface area contributed by atoms with E-state index in [0.717, 1.165) is 19.3 Å². The van der Waals surface area contributed by atoms with E-state index in [1.165, 1.54) is 14.2 Å². The number of hydrogen-bond donors (Lipinski definition) is 1. The van der Waals surface area contributed by atoms with Gasteiger partial charge in [0, 0.05) is 20.3 Å². The number of esters is 1. The van der Waals surface area contributed by atoms with Gasteiger partial charge in [0.25, 0.3) is 0 Å². The predicted molar refractivity (Wildman–Crippen MR) is 78.2 cm³/mol. The molecular formula is C16H23NO4. The SMILES string of the molecule is COC(OC)(OC(=O)C1CCCC(N)C1)c1ccccc1. The lowest BCUT2D eigenvalue weighted by Gasteiger charge is -2.33. The number of carbonyl (C=O) groups excluding carboxylic acids is 1. The second kappa shape index (κ2) is 7.02. The molecule has 21 heavy (non-hydrogen) atoms. The second-order valence-corrected chi connectivity index (χ2v) is 5.38. The summed E-state index contributed by atoms with van der Waals surface area (Å²) >= 11 is 0. The molecule has 1 aromatic rings. The molecule has 0 amide bonds. The molecule has 0 heterocycles. The van der Waals surface area contributed by atoms with Crippen molar-refractivity contribution in [1.29, 1.82) is 0 Å². The molecule has 0 spiro atoms. The van der Waals surface area contributed by atoms with E-state index in [2.05, 4.69) is 0 Å². The minimum Gasteiger partial charge on any atom is -0.403 e. The molecule has 0 aliphatic heterocycles. The molecule has 5 heteroatoms. The predicted octanol–water partition coefficient (Wildman–Crippen LogP) is 2.15. The fourth-order valence-corrected chi connectivity index (χ4v) is 2.76. The highest BCUT2D eigenvalue weighted by molar-refractivity contribution is 5.73. The molecule has 0 radical (unpaired) electrons. The Morgan fingerprint density at radius 3 is 2.43 bits per heavy atom. The first-order valence-electron chi connectivity index (χ1n) is 7.25. The molecule has 1 saturated carbocycles. The first kappa shape index (κ1) is 15.9. The van der Waals surface area contributed by atoms with Gasteiger partial charge in [-0.2, -0.15) is 0 Å². The summed E-state index contributed by atoms with van der Waals surface area (Å²) in [7, 11) is 2.91. The topological polar surface area (TPSA) is 70.8 Å². The van der Waals surface area contributed by atoms with Crippen LogP contribution in [0.3, 0.4) is 0 Å². The molecule has 0 bridgehead atoms. The lowest BCUT2D eigenvalue weighted by Crippen LogP contribution is -2.40. The number of methoxy groups -OCH3 is 2. The number of benzene rings is 1. The molecule has 1 aromatic carbocycles. The van der Waals surface area contributed by atoms with Gasteiger partial charge in [-0.25, -0.2) is 0 Å². The average Bonchev–Trinajstić information content (AvgIpc) is 2.53. The van der Waals surface area contributed by atoms with Crippen molar-refractivity contribution >= 4 is 5.97 Å². The van der Waals surface area contributed by atoms with Gasteiger partial charge in [-0.05, 0) is 31.4 Å². The van der Waals surface area contributed by atoms with Gasteiger partial charge in [0.05, 0.1) is 11.5 Å². The van der Waals surface area contributed by atoms with Gasteiger partial charge in [0.15, 0.2) is 0 Å². The zero-order valence-corrected chi connectivity index (χ0v) is 12.6. The zero-order chi connectivity index (χ0) is 15.3. The van der Waals surface area contributed by atoms with E-state index < -0.39 is 5.97 Å². The van der Waals surface area contributed by atoms with Crippen LogP contribution in [0.15, 0.2) is 30.3 Å². The van der Waals surface area contributed by atoms with Crippen LogP contribution in [0.1, 0.15) is 31.2 Å². The Bertz CT molecular complexity index is 459. The first-order chi connectivity index (χ1) is 10.1. The lowest BCUT2D eigenvalue weighted by atomic mass is 9.86. The molecule has 0 aromatic heterocycles. The molecule has 1 aliphatic rings. The number of hydrogen-bond acceptors (Lipinski definition) is 5. The Morgan fingerprint density at radius 1 is 1.19 bits per heavy atom. The third-order valence-corrected chi connectivity index (χ3v) is 3.95. The summed E-state index contributed by atoms with van der Waals surface area (Å²) in [4.78, 5) is 12.4. The van der Waals surface area contributed by atoms with Gasteiger partial charge in [-0.1, -0.05) is 24.6 Å². The molecule has 1 aliphatic carbocycles. The third-order valence-electron chi connectivity index (χ3n) is 3.95. The highest BCUT2D eigenvalue weighted by Gasteiger charge is 2.40. The van der Waals surface area contributed by atoms with Gasteiger partial charge in [-0.3, -0.25) is 4.79 Å². The van der Waals surface area contributed by atoms with Crippen molar-refractivity contribution in [2.45, 2.75) is 37.7 Å². The summed E-state index contributed by atoms with van der Waals surface area (Å²) in [6, 6.07) is 9.22. The van der Waals surface area contributed by atoms with Crippen molar-refractivity contribution in [1.82, 2.24) is 0 Å². The van der Waals surface area contributed by atoms with Crippen LogP contribution in [0.4, 0.5) is 0 Å². The quantitative estimate of drug-likeness (QED) is 0.665. The summed E-state index contributed by atoms with van der Waals surface area (Å²) in [5.41, 5.74) is 6.57. The maximum Gasteiger partial charge on any atom is 0.357 e. The Hall–Kier alpha value is -1.43. The Morgan fingerprint density at radius 2 is 1.86 bits per heavy atom. The smallest absolute Gasteiger partial charge is 0.357 e. The van der Waals surface area contributed by atoms with Crippen LogP contribution in [0, 0.1) is 5.92 Å². The number of nitrogens with two attached hydrogens (primary N) is 1. The standard InChI is InChI=1S/C16H23NO4/c1-19-16(20-2,13-8-4-3-5-9-13)21-15(18)12-7-6-10-14(17)11-12/h3-5,8-9,12,14H,6-7,10-11,17H2,1-2H3. The fraction of sp³-hybridized carbons (Fsp3) is 0.562. The van der Waals surface area contributed by atoms with E-state index in [1.807, 2.05) is 18.2 Å². The molecule has 2 atom stereocenters. The number of carbonyl (C=O) groups is 1. The largest absolute Gasteiger partial charge is 0.403 e. The van der Waals surface area contributed by atoms with Crippen molar-refractivity contribution < 1.29 is 19.0 Å². The van der Waals surface area contributed by atoms with E-state index in [4.69, 9.17) is 19.9 Å². The van der Waals surface area contributed by atoms with Gasteiger partial charge in [0.2, 0.25) is 0 Å². The van der Waals surface area contributed by atoms with Crippen LogP contribution in [0.25, 0.3) is 0 Å². The minimum atomic E-state index is -1.50. The molecular weight excluding hydrogens is 270 g/mol. The Balaban J connectivity index is 2.14. The fourth-order valence-electron chi connectivity index (χ4n) is 2.76. The van der Waals surface area contributed by atoms with E-state index in [9.17, 15) is 4.79 Å². The Labute approximate surface area is 125 Å². The summed E-state index contributed by atoms with van der Waals surface area (Å²) < 4.78 is 16.3. The molecule has 2 rings (SSSR count). The summed E-state index contributed by atoms with van der Waals surface area (Å²) in [5, 5.41) is 0. The molecule has 0 saturated heterocycles. The number of ether oxygens (including phenoxy) is 3. The third kappa shape index (κ3) is 3.61. The Kier molecular flexibility index (Phi) is 5.33. The molecule has 2 N–H and O–H groups in total. The van der Waals surface area contributed by atoms with Gasteiger partial charge in [-0.15, -0.1) is 0 Å². The van der Waals surface area contributed by atoms with Crippen molar-refractivity contribution in [3.63, 3.8) is 0 Å². The summed E-state index contributed by atoms with van der Waals surface area (Å²) in [6.07, 6.45) is 3.35. The van der Waals surface area contributed by atoms with E-state index >= 15 is 0 Å². The van der Waals surface area contributed by atoms with Gasteiger partial charge < -0.3 is 19.9 Å². The molecule has 2 unspecified atom stereocenters. The molecule has 5 nitrogen and oxygen atoms in total. The highest BCUT2D eigenvalue weighted by Crippen LogP contribution is 2.31. The van der Waals surface area contributed by atoms with Crippen LogP contribution < -0.4 is 5.73 Å². The normalized spacial score (nSPS) is 22.8. The van der Waals surface area contributed by atoms with Crippen LogP contribution in [0.2, 0.25) is 0 Å².